The van der Waals surface area contributed by atoms with Gasteiger partial charge in [0, 0.05) is 19.1 Å². The summed E-state index contributed by atoms with van der Waals surface area (Å²) < 4.78 is 5.45. The summed E-state index contributed by atoms with van der Waals surface area (Å²) in [4.78, 5) is 14.2. The summed E-state index contributed by atoms with van der Waals surface area (Å²) in [5.74, 6) is 0.825. The van der Waals surface area contributed by atoms with Crippen LogP contribution in [0.5, 0.6) is 0 Å². The molecular formula is C12H22N2O2. The zero-order chi connectivity index (χ0) is 11.7. The minimum absolute atomic E-state index is 0.0625. The average Bonchev–Trinajstić information content (AvgIpc) is 2.62. The molecule has 0 spiro atoms. The number of hydrogen-bond donors (Lipinski definition) is 1. The number of carbonyl (C=O) groups excluding carboxylic acids is 1. The molecule has 2 N–H and O–H groups in total. The number of nitrogens with zero attached hydrogens (tertiary/aromatic N) is 1. The van der Waals surface area contributed by atoms with Crippen LogP contribution in [0.15, 0.2) is 0 Å². The molecule has 0 saturated carbocycles. The van der Waals surface area contributed by atoms with E-state index < -0.39 is 0 Å². The number of piperidine rings is 1. The molecule has 92 valence electrons. The van der Waals surface area contributed by atoms with Crippen molar-refractivity contribution < 1.29 is 9.53 Å². The Kier molecular flexibility index (Phi) is 3.50. The molecule has 4 unspecified atom stereocenters. The molecule has 2 rings (SSSR count). The average molecular weight is 226 g/mol. The monoisotopic (exact) mass is 226 g/mol. The van der Waals surface area contributed by atoms with Crippen molar-refractivity contribution in [1.82, 2.24) is 4.90 Å². The Bertz CT molecular complexity index is 260. The van der Waals surface area contributed by atoms with Gasteiger partial charge in [0.05, 0.1) is 18.6 Å². The Hall–Kier alpha value is -0.610. The molecule has 0 aliphatic carbocycles. The van der Waals surface area contributed by atoms with Crippen LogP contribution >= 0.6 is 0 Å². The molecule has 4 atom stereocenters. The fourth-order valence-corrected chi connectivity index (χ4v) is 2.83. The van der Waals surface area contributed by atoms with Gasteiger partial charge in [-0.15, -0.1) is 0 Å². The first-order chi connectivity index (χ1) is 7.56. The van der Waals surface area contributed by atoms with Crippen LogP contribution < -0.4 is 5.73 Å². The first kappa shape index (κ1) is 11.9. The zero-order valence-corrected chi connectivity index (χ0v) is 10.2. The normalized spacial score (nSPS) is 40.1. The molecule has 4 nitrogen and oxygen atoms in total. The van der Waals surface area contributed by atoms with Crippen molar-refractivity contribution in [2.75, 3.05) is 19.7 Å². The second kappa shape index (κ2) is 4.72. The van der Waals surface area contributed by atoms with Gasteiger partial charge in [0.25, 0.3) is 0 Å². The van der Waals surface area contributed by atoms with Crippen molar-refractivity contribution in [1.29, 1.82) is 0 Å². The summed E-state index contributed by atoms with van der Waals surface area (Å²) in [7, 11) is 0. The van der Waals surface area contributed by atoms with Crippen LogP contribution in [0, 0.1) is 11.8 Å². The third kappa shape index (κ3) is 2.55. The van der Waals surface area contributed by atoms with Crippen LogP contribution in [-0.4, -0.2) is 42.6 Å². The molecule has 16 heavy (non-hydrogen) atoms. The molecule has 0 bridgehead atoms. The third-order valence-corrected chi connectivity index (χ3v) is 3.55. The van der Waals surface area contributed by atoms with Gasteiger partial charge in [0.2, 0.25) is 5.91 Å². The largest absolute Gasteiger partial charge is 0.378 e. The quantitative estimate of drug-likeness (QED) is 0.712. The fraction of sp³-hybridized carbons (Fsp3) is 0.917. The van der Waals surface area contributed by atoms with Crippen molar-refractivity contribution in [2.45, 2.75) is 38.8 Å². The van der Waals surface area contributed by atoms with Crippen LogP contribution in [0.2, 0.25) is 0 Å². The molecule has 2 saturated heterocycles. The minimum atomic E-state index is 0.0625. The lowest BCUT2D eigenvalue weighted by Gasteiger charge is -2.36. The van der Waals surface area contributed by atoms with Gasteiger partial charge in [0.15, 0.2) is 0 Å². The van der Waals surface area contributed by atoms with Crippen LogP contribution in [-0.2, 0) is 9.53 Å². The van der Waals surface area contributed by atoms with E-state index in [1.807, 2.05) is 11.8 Å². The summed E-state index contributed by atoms with van der Waals surface area (Å²) in [5.41, 5.74) is 5.95. The van der Waals surface area contributed by atoms with E-state index in [1.165, 1.54) is 0 Å². The number of nitrogens with two attached hydrogens (primary N) is 1. The first-order valence-corrected chi connectivity index (χ1v) is 6.22. The third-order valence-electron chi connectivity index (χ3n) is 3.55. The molecule has 0 aromatic rings. The highest BCUT2D eigenvalue weighted by Crippen LogP contribution is 2.24. The highest BCUT2D eigenvalue weighted by molar-refractivity contribution is 5.79. The lowest BCUT2D eigenvalue weighted by molar-refractivity contribution is -0.137. The van der Waals surface area contributed by atoms with Gasteiger partial charge >= 0.3 is 0 Å². The van der Waals surface area contributed by atoms with Gasteiger partial charge in [-0.3, -0.25) is 4.79 Å². The van der Waals surface area contributed by atoms with E-state index in [0.717, 1.165) is 19.4 Å². The Morgan fingerprint density at radius 1 is 1.31 bits per heavy atom. The molecular weight excluding hydrogens is 204 g/mol. The maximum Gasteiger partial charge on any atom is 0.228 e. The molecule has 2 fully saturated rings. The predicted molar refractivity (Wildman–Crippen MR) is 61.9 cm³/mol. The smallest absolute Gasteiger partial charge is 0.228 e. The molecule has 4 heteroatoms. The number of likely N-dealkylation sites (tertiary alicyclic amines) is 1. The minimum Gasteiger partial charge on any atom is -0.378 e. The van der Waals surface area contributed by atoms with Crippen molar-refractivity contribution in [2.24, 2.45) is 17.6 Å². The van der Waals surface area contributed by atoms with Gasteiger partial charge in [-0.2, -0.15) is 0 Å². The van der Waals surface area contributed by atoms with Gasteiger partial charge in [-0.25, -0.2) is 0 Å². The predicted octanol–water partition coefficient (Wildman–Crippen LogP) is 0.607. The Morgan fingerprint density at radius 2 is 2.06 bits per heavy atom. The molecule has 2 heterocycles. The van der Waals surface area contributed by atoms with Crippen molar-refractivity contribution in [3.63, 3.8) is 0 Å². The van der Waals surface area contributed by atoms with E-state index >= 15 is 0 Å². The standard InChI is InChI=1S/C12H22N2O2/c1-8-3-11(13)6-14(5-8)12(15)10-4-9(2)16-7-10/h8-11H,3-7,13H2,1-2H3. The maximum absolute atomic E-state index is 12.2. The molecule has 2 aliphatic heterocycles. The van der Waals surface area contributed by atoms with Gasteiger partial charge < -0.3 is 15.4 Å². The summed E-state index contributed by atoms with van der Waals surface area (Å²) >= 11 is 0. The van der Waals surface area contributed by atoms with Crippen LogP contribution in [0.4, 0.5) is 0 Å². The van der Waals surface area contributed by atoms with E-state index in [2.05, 4.69) is 6.92 Å². The molecule has 0 aromatic heterocycles. The molecule has 0 aromatic carbocycles. The molecule has 1 amide bonds. The number of amides is 1. The number of hydrogen-bond acceptors (Lipinski definition) is 3. The van der Waals surface area contributed by atoms with Crippen molar-refractivity contribution in [3.05, 3.63) is 0 Å². The lowest BCUT2D eigenvalue weighted by atomic mass is 9.94. The SMILES string of the molecule is CC1CC(N)CN(C(=O)C2COC(C)C2)C1. The second-order valence-electron chi connectivity index (χ2n) is 5.42. The number of rotatable bonds is 1. The Balaban J connectivity index is 1.93. The van der Waals surface area contributed by atoms with Gasteiger partial charge in [-0.1, -0.05) is 6.92 Å². The topological polar surface area (TPSA) is 55.6 Å². The fourth-order valence-electron chi connectivity index (χ4n) is 2.83. The van der Waals surface area contributed by atoms with E-state index in [4.69, 9.17) is 10.5 Å². The van der Waals surface area contributed by atoms with Crippen LogP contribution in [0.25, 0.3) is 0 Å². The summed E-state index contributed by atoms with van der Waals surface area (Å²) in [6, 6.07) is 0.146. The number of carbonyl (C=O) groups is 1. The van der Waals surface area contributed by atoms with Gasteiger partial charge in [-0.05, 0) is 25.7 Å². The van der Waals surface area contributed by atoms with E-state index in [1.54, 1.807) is 0 Å². The van der Waals surface area contributed by atoms with E-state index in [9.17, 15) is 4.79 Å². The van der Waals surface area contributed by atoms with Crippen molar-refractivity contribution >= 4 is 5.91 Å². The Labute approximate surface area is 97.1 Å². The van der Waals surface area contributed by atoms with E-state index in [0.29, 0.717) is 19.1 Å². The molecule has 2 aliphatic rings. The molecule has 0 radical (unpaired) electrons. The van der Waals surface area contributed by atoms with E-state index in [-0.39, 0.29) is 24.0 Å². The van der Waals surface area contributed by atoms with Crippen LogP contribution in [0.1, 0.15) is 26.7 Å². The summed E-state index contributed by atoms with van der Waals surface area (Å²) in [6.07, 6.45) is 2.12. The zero-order valence-electron chi connectivity index (χ0n) is 10.2. The highest BCUT2D eigenvalue weighted by atomic mass is 16.5. The lowest BCUT2D eigenvalue weighted by Crippen LogP contribution is -2.50. The van der Waals surface area contributed by atoms with Crippen molar-refractivity contribution in [3.8, 4) is 0 Å². The van der Waals surface area contributed by atoms with Gasteiger partial charge in [0.1, 0.15) is 0 Å². The maximum atomic E-state index is 12.2. The summed E-state index contributed by atoms with van der Waals surface area (Å²) in [6.45, 7) is 6.34. The Morgan fingerprint density at radius 3 is 2.62 bits per heavy atom. The first-order valence-electron chi connectivity index (χ1n) is 6.22. The van der Waals surface area contributed by atoms with Crippen LogP contribution in [0.3, 0.4) is 0 Å². The summed E-state index contributed by atoms with van der Waals surface area (Å²) in [5, 5.41) is 0. The number of ether oxygens (including phenoxy) is 1. The second-order valence-corrected chi connectivity index (χ2v) is 5.42. The highest BCUT2D eigenvalue weighted by Gasteiger charge is 2.34.